The van der Waals surface area contributed by atoms with Crippen LogP contribution < -0.4 is 5.73 Å². The number of hydrogen-bond donors (Lipinski definition) is 1. The second kappa shape index (κ2) is 4.70. The van der Waals surface area contributed by atoms with Gasteiger partial charge in [-0.2, -0.15) is 0 Å². The van der Waals surface area contributed by atoms with Gasteiger partial charge in [0.15, 0.2) is 0 Å². The van der Waals surface area contributed by atoms with Crippen molar-refractivity contribution in [2.24, 2.45) is 23.0 Å². The van der Waals surface area contributed by atoms with Crippen LogP contribution in [-0.4, -0.2) is 28.9 Å². The molecule has 1 aliphatic heterocycles. The van der Waals surface area contributed by atoms with Gasteiger partial charge in [0.05, 0.1) is 10.4 Å². The number of nitrogens with two attached hydrogens (primary N) is 1. The van der Waals surface area contributed by atoms with Crippen molar-refractivity contribution in [3.63, 3.8) is 0 Å². The molecule has 3 nitrogen and oxygen atoms in total. The highest BCUT2D eigenvalue weighted by atomic mass is 32.1. The minimum absolute atomic E-state index is 0.0683. The number of piperidine rings is 1. The molecule has 0 aromatic rings. The molecule has 1 rings (SSSR count). The van der Waals surface area contributed by atoms with E-state index in [-0.39, 0.29) is 10.9 Å². The molecule has 2 atom stereocenters. The van der Waals surface area contributed by atoms with E-state index in [0.29, 0.717) is 11.8 Å². The third kappa shape index (κ3) is 2.54. The minimum Gasteiger partial charge on any atom is -0.392 e. The maximum atomic E-state index is 12.3. The van der Waals surface area contributed by atoms with E-state index in [1.54, 1.807) is 13.8 Å². The summed E-state index contributed by atoms with van der Waals surface area (Å²) in [7, 11) is 0. The Labute approximate surface area is 103 Å². The summed E-state index contributed by atoms with van der Waals surface area (Å²) in [6, 6.07) is 0. The van der Waals surface area contributed by atoms with Crippen LogP contribution in [0.5, 0.6) is 0 Å². The second-order valence-corrected chi connectivity index (χ2v) is 5.92. The lowest BCUT2D eigenvalue weighted by molar-refractivity contribution is -0.139. The van der Waals surface area contributed by atoms with E-state index < -0.39 is 5.41 Å². The first kappa shape index (κ1) is 13.4. The van der Waals surface area contributed by atoms with Gasteiger partial charge in [-0.3, -0.25) is 4.79 Å². The zero-order valence-electron chi connectivity index (χ0n) is 10.6. The molecule has 0 aliphatic carbocycles. The largest absolute Gasteiger partial charge is 0.392 e. The van der Waals surface area contributed by atoms with Crippen molar-refractivity contribution in [2.75, 3.05) is 13.1 Å². The number of carbonyl (C=O) groups is 1. The molecule has 16 heavy (non-hydrogen) atoms. The van der Waals surface area contributed by atoms with Crippen LogP contribution in [0.25, 0.3) is 0 Å². The molecule has 0 aromatic carbocycles. The summed E-state index contributed by atoms with van der Waals surface area (Å²) >= 11 is 4.96. The Morgan fingerprint density at radius 1 is 1.38 bits per heavy atom. The normalized spacial score (nSPS) is 26.6. The monoisotopic (exact) mass is 242 g/mol. The van der Waals surface area contributed by atoms with Gasteiger partial charge in [-0.25, -0.2) is 0 Å². The van der Waals surface area contributed by atoms with Gasteiger partial charge in [0, 0.05) is 13.1 Å². The van der Waals surface area contributed by atoms with Crippen LogP contribution in [0.4, 0.5) is 0 Å². The molecule has 1 heterocycles. The van der Waals surface area contributed by atoms with E-state index >= 15 is 0 Å². The van der Waals surface area contributed by atoms with Gasteiger partial charge in [-0.15, -0.1) is 0 Å². The van der Waals surface area contributed by atoms with E-state index in [1.807, 2.05) is 4.90 Å². The molecule has 1 amide bonds. The third-order valence-electron chi connectivity index (χ3n) is 3.77. The Morgan fingerprint density at radius 3 is 2.38 bits per heavy atom. The summed E-state index contributed by atoms with van der Waals surface area (Å²) in [5, 5.41) is 0. The molecule has 2 N–H and O–H groups in total. The van der Waals surface area contributed by atoms with Crippen LogP contribution in [0.1, 0.15) is 34.1 Å². The van der Waals surface area contributed by atoms with E-state index in [4.69, 9.17) is 18.0 Å². The van der Waals surface area contributed by atoms with Crippen LogP contribution in [0, 0.1) is 17.3 Å². The predicted molar refractivity (Wildman–Crippen MR) is 70.1 cm³/mol. The zero-order valence-corrected chi connectivity index (χ0v) is 11.4. The molecule has 0 aromatic heterocycles. The highest BCUT2D eigenvalue weighted by molar-refractivity contribution is 7.80. The smallest absolute Gasteiger partial charge is 0.235 e. The van der Waals surface area contributed by atoms with Crippen LogP contribution in [0.2, 0.25) is 0 Å². The lowest BCUT2D eigenvalue weighted by Crippen LogP contribution is -2.51. The highest BCUT2D eigenvalue weighted by Gasteiger charge is 2.37. The summed E-state index contributed by atoms with van der Waals surface area (Å²) in [4.78, 5) is 14.5. The summed E-state index contributed by atoms with van der Waals surface area (Å²) < 4.78 is 0. The van der Waals surface area contributed by atoms with E-state index in [2.05, 4.69) is 13.8 Å². The lowest BCUT2D eigenvalue weighted by atomic mass is 9.85. The molecule has 0 radical (unpaired) electrons. The number of carbonyl (C=O) groups excluding carboxylic acids is 1. The van der Waals surface area contributed by atoms with Crippen molar-refractivity contribution in [3.05, 3.63) is 0 Å². The molecular weight excluding hydrogens is 220 g/mol. The number of thiocarbonyl (C=S) groups is 1. The predicted octanol–water partition coefficient (Wildman–Crippen LogP) is 1.80. The lowest BCUT2D eigenvalue weighted by Gasteiger charge is -2.39. The Kier molecular flexibility index (Phi) is 3.94. The standard InChI is InChI=1S/C12H22N2OS/c1-8-5-6-14(7-9(8)2)11(15)12(3,4)10(13)16/h8-9H,5-7H2,1-4H3,(H2,13,16). The first-order valence-corrected chi connectivity index (χ1v) is 6.27. The highest BCUT2D eigenvalue weighted by Crippen LogP contribution is 2.27. The fourth-order valence-corrected chi connectivity index (χ4v) is 2.04. The van der Waals surface area contributed by atoms with Gasteiger partial charge in [-0.1, -0.05) is 26.1 Å². The molecule has 4 heteroatoms. The number of rotatable bonds is 2. The molecule has 1 aliphatic rings. The van der Waals surface area contributed by atoms with Crippen molar-refractivity contribution in [1.82, 2.24) is 4.90 Å². The van der Waals surface area contributed by atoms with E-state index in [1.165, 1.54) is 0 Å². The maximum absolute atomic E-state index is 12.3. The first-order valence-electron chi connectivity index (χ1n) is 5.86. The van der Waals surface area contributed by atoms with E-state index in [9.17, 15) is 4.79 Å². The Morgan fingerprint density at radius 2 is 1.94 bits per heavy atom. The molecule has 1 saturated heterocycles. The maximum Gasteiger partial charge on any atom is 0.235 e. The second-order valence-electron chi connectivity index (χ2n) is 5.48. The van der Waals surface area contributed by atoms with Crippen LogP contribution in [-0.2, 0) is 4.79 Å². The van der Waals surface area contributed by atoms with Gasteiger partial charge < -0.3 is 10.6 Å². The average molecular weight is 242 g/mol. The molecular formula is C12H22N2OS. The summed E-state index contributed by atoms with van der Waals surface area (Å²) in [6.07, 6.45) is 1.07. The Bertz CT molecular complexity index is 301. The molecule has 2 unspecified atom stereocenters. The van der Waals surface area contributed by atoms with Gasteiger partial charge in [0.25, 0.3) is 0 Å². The third-order valence-corrected chi connectivity index (χ3v) is 4.28. The topological polar surface area (TPSA) is 46.3 Å². The number of hydrogen-bond acceptors (Lipinski definition) is 2. The van der Waals surface area contributed by atoms with Crippen LogP contribution >= 0.6 is 12.2 Å². The van der Waals surface area contributed by atoms with Crippen molar-refractivity contribution in [1.29, 1.82) is 0 Å². The van der Waals surface area contributed by atoms with Crippen LogP contribution in [0.3, 0.4) is 0 Å². The molecule has 92 valence electrons. The molecule has 1 fully saturated rings. The Balaban J connectivity index is 2.73. The molecule has 0 saturated carbocycles. The molecule has 0 spiro atoms. The number of likely N-dealkylation sites (tertiary alicyclic amines) is 1. The van der Waals surface area contributed by atoms with Crippen LogP contribution in [0.15, 0.2) is 0 Å². The van der Waals surface area contributed by atoms with Crippen molar-refractivity contribution in [2.45, 2.75) is 34.1 Å². The van der Waals surface area contributed by atoms with Gasteiger partial charge in [0.1, 0.15) is 0 Å². The van der Waals surface area contributed by atoms with Crippen molar-refractivity contribution < 1.29 is 4.79 Å². The summed E-state index contributed by atoms with van der Waals surface area (Å²) in [5.41, 5.74) is 4.91. The minimum atomic E-state index is -0.713. The zero-order chi connectivity index (χ0) is 12.5. The summed E-state index contributed by atoms with van der Waals surface area (Å²) in [6.45, 7) is 9.70. The average Bonchev–Trinajstić information content (AvgIpc) is 2.20. The van der Waals surface area contributed by atoms with Gasteiger partial charge in [-0.05, 0) is 32.1 Å². The number of nitrogens with zero attached hydrogens (tertiary/aromatic N) is 1. The SMILES string of the molecule is CC1CCN(C(=O)C(C)(C)C(N)=S)CC1C. The van der Waals surface area contributed by atoms with Gasteiger partial charge in [0.2, 0.25) is 5.91 Å². The van der Waals surface area contributed by atoms with Gasteiger partial charge >= 0.3 is 0 Å². The fourth-order valence-electron chi connectivity index (χ4n) is 1.95. The first-order chi connectivity index (χ1) is 7.26. The van der Waals surface area contributed by atoms with E-state index in [0.717, 1.165) is 19.5 Å². The summed E-state index contributed by atoms with van der Waals surface area (Å²) in [5.74, 6) is 1.32. The fraction of sp³-hybridized carbons (Fsp3) is 0.833. The van der Waals surface area contributed by atoms with Crippen molar-refractivity contribution >= 4 is 23.1 Å². The number of amides is 1. The van der Waals surface area contributed by atoms with Crippen molar-refractivity contribution in [3.8, 4) is 0 Å². The molecule has 0 bridgehead atoms. The Hall–Kier alpha value is -0.640. The quantitative estimate of drug-likeness (QED) is 0.751.